The fourth-order valence-corrected chi connectivity index (χ4v) is 2.49. The molecule has 68 valence electrons. The van der Waals surface area contributed by atoms with Gasteiger partial charge in [0.1, 0.15) is 5.75 Å². The highest BCUT2D eigenvalue weighted by Crippen LogP contribution is 2.41. The van der Waals surface area contributed by atoms with Gasteiger partial charge in [0.05, 0.1) is 10.5 Å². The molecule has 0 fully saturated rings. The minimum atomic E-state index is -0.207. The summed E-state index contributed by atoms with van der Waals surface area (Å²) in [6, 6.07) is 1.91. The number of allylic oxidation sites excluding steroid dienone is 1. The maximum absolute atomic E-state index is 11.4. The van der Waals surface area contributed by atoms with Crippen molar-refractivity contribution in [2.24, 2.45) is 0 Å². The summed E-state index contributed by atoms with van der Waals surface area (Å²) < 4.78 is 5.12. The molecule has 0 N–H and O–H groups in total. The summed E-state index contributed by atoms with van der Waals surface area (Å²) in [5, 5.41) is 0. The Labute approximate surface area is 80.8 Å². The molecule has 0 atom stereocenters. The molecule has 0 saturated heterocycles. The predicted molar refractivity (Wildman–Crippen MR) is 53.0 cm³/mol. The second-order valence-electron chi connectivity index (χ2n) is 3.31. The molecule has 2 nitrogen and oxygen atoms in total. The molecule has 1 aliphatic rings. The molecule has 0 aromatic carbocycles. The highest BCUT2D eigenvalue weighted by molar-refractivity contribution is 7.14. The number of thiophene rings is 1. The van der Waals surface area contributed by atoms with E-state index in [1.165, 1.54) is 4.88 Å². The topological polar surface area (TPSA) is 26.3 Å². The van der Waals surface area contributed by atoms with Gasteiger partial charge < -0.3 is 4.74 Å². The first-order valence-electron chi connectivity index (χ1n) is 4.10. The molecular weight excluding hydrogens is 184 g/mol. The Kier molecular flexibility index (Phi) is 1.77. The van der Waals surface area contributed by atoms with Gasteiger partial charge >= 0.3 is 5.97 Å². The number of hydrogen-bond donors (Lipinski definition) is 0. The van der Waals surface area contributed by atoms with Crippen LogP contribution in [0, 0.1) is 6.92 Å². The minimum absolute atomic E-state index is 0.207. The molecule has 0 aliphatic carbocycles. The number of rotatable bonds is 0. The zero-order valence-corrected chi connectivity index (χ0v) is 8.62. The molecule has 0 saturated carbocycles. The summed E-state index contributed by atoms with van der Waals surface area (Å²) >= 11 is 1.61. The third-order valence-corrected chi connectivity index (χ3v) is 3.00. The maximum Gasteiger partial charge on any atom is 0.345 e. The average molecular weight is 194 g/mol. The van der Waals surface area contributed by atoms with Crippen LogP contribution in [0.2, 0.25) is 0 Å². The van der Waals surface area contributed by atoms with Gasteiger partial charge in [-0.2, -0.15) is 0 Å². The third-order valence-electron chi connectivity index (χ3n) is 1.96. The van der Waals surface area contributed by atoms with Gasteiger partial charge in [0.25, 0.3) is 0 Å². The Balaban J connectivity index is 2.64. The Bertz CT molecular complexity index is 409. The Morgan fingerprint density at radius 2 is 2.15 bits per heavy atom. The van der Waals surface area contributed by atoms with E-state index in [4.69, 9.17) is 4.74 Å². The van der Waals surface area contributed by atoms with Crippen molar-refractivity contribution in [2.45, 2.75) is 20.8 Å². The lowest BCUT2D eigenvalue weighted by molar-refractivity contribution is -0.127. The first-order valence-corrected chi connectivity index (χ1v) is 4.91. The quantitative estimate of drug-likeness (QED) is 0.469. The molecule has 1 aromatic rings. The van der Waals surface area contributed by atoms with E-state index in [2.05, 4.69) is 0 Å². The van der Waals surface area contributed by atoms with Gasteiger partial charge in [0.15, 0.2) is 0 Å². The van der Waals surface area contributed by atoms with Crippen LogP contribution in [-0.4, -0.2) is 5.97 Å². The highest BCUT2D eigenvalue weighted by atomic mass is 32.1. The fraction of sp³-hybridized carbons (Fsp3) is 0.300. The van der Waals surface area contributed by atoms with Crippen LogP contribution in [0.25, 0.3) is 5.57 Å². The van der Waals surface area contributed by atoms with E-state index in [1.807, 2.05) is 26.8 Å². The van der Waals surface area contributed by atoms with Crippen molar-refractivity contribution < 1.29 is 9.53 Å². The van der Waals surface area contributed by atoms with Crippen LogP contribution in [0.15, 0.2) is 11.6 Å². The molecule has 0 spiro atoms. The molecule has 0 amide bonds. The Hall–Kier alpha value is -1.09. The number of aryl methyl sites for hydroxylation is 1. The second-order valence-corrected chi connectivity index (χ2v) is 4.57. The van der Waals surface area contributed by atoms with Crippen molar-refractivity contribution >= 4 is 22.9 Å². The van der Waals surface area contributed by atoms with E-state index < -0.39 is 0 Å². The summed E-state index contributed by atoms with van der Waals surface area (Å²) in [5.74, 6) is 0.518. The van der Waals surface area contributed by atoms with Crippen LogP contribution in [0.1, 0.15) is 23.6 Å². The largest absolute Gasteiger partial charge is 0.421 e. The molecule has 0 bridgehead atoms. The molecule has 2 heterocycles. The SMILES string of the molecule is CC(C)=C1C(=O)Oc2cc(C)sc21. The maximum atomic E-state index is 11.4. The van der Waals surface area contributed by atoms with Crippen molar-refractivity contribution in [3.63, 3.8) is 0 Å². The Morgan fingerprint density at radius 3 is 2.77 bits per heavy atom. The third kappa shape index (κ3) is 1.20. The number of esters is 1. The minimum Gasteiger partial charge on any atom is -0.421 e. The molecule has 1 aromatic heterocycles. The first-order chi connectivity index (χ1) is 6.09. The zero-order valence-electron chi connectivity index (χ0n) is 7.80. The normalized spacial score (nSPS) is 14.4. The van der Waals surface area contributed by atoms with Crippen molar-refractivity contribution in [2.75, 3.05) is 0 Å². The molecule has 0 unspecified atom stereocenters. The lowest BCUT2D eigenvalue weighted by Gasteiger charge is -1.95. The lowest BCUT2D eigenvalue weighted by Crippen LogP contribution is -2.01. The summed E-state index contributed by atoms with van der Waals surface area (Å²) in [4.78, 5) is 13.5. The van der Waals surface area contributed by atoms with Crippen LogP contribution < -0.4 is 4.74 Å². The van der Waals surface area contributed by atoms with Gasteiger partial charge in [-0.3, -0.25) is 0 Å². The van der Waals surface area contributed by atoms with Gasteiger partial charge in [0.2, 0.25) is 0 Å². The van der Waals surface area contributed by atoms with Crippen LogP contribution in [0.3, 0.4) is 0 Å². The van der Waals surface area contributed by atoms with E-state index in [9.17, 15) is 4.79 Å². The van der Waals surface area contributed by atoms with E-state index in [-0.39, 0.29) is 5.97 Å². The average Bonchev–Trinajstić information content (AvgIpc) is 2.41. The predicted octanol–water partition coefficient (Wildman–Crippen LogP) is 2.77. The summed E-state index contributed by atoms with van der Waals surface area (Å²) in [6.07, 6.45) is 0. The monoisotopic (exact) mass is 194 g/mol. The van der Waals surface area contributed by atoms with Gasteiger partial charge in [-0.15, -0.1) is 11.3 Å². The van der Waals surface area contributed by atoms with E-state index >= 15 is 0 Å². The van der Waals surface area contributed by atoms with E-state index in [1.54, 1.807) is 11.3 Å². The number of fused-ring (bicyclic) bond motifs is 1. The zero-order chi connectivity index (χ0) is 9.59. The van der Waals surface area contributed by atoms with Gasteiger partial charge in [-0.05, 0) is 26.8 Å². The summed E-state index contributed by atoms with van der Waals surface area (Å²) in [7, 11) is 0. The molecule has 2 rings (SSSR count). The smallest absolute Gasteiger partial charge is 0.345 e. The number of carbonyl (C=O) groups excluding carboxylic acids is 1. The van der Waals surface area contributed by atoms with E-state index in [0.29, 0.717) is 0 Å². The lowest BCUT2D eigenvalue weighted by atomic mass is 10.1. The van der Waals surface area contributed by atoms with Crippen molar-refractivity contribution in [3.05, 3.63) is 21.4 Å². The molecule has 13 heavy (non-hydrogen) atoms. The fourth-order valence-electron chi connectivity index (χ4n) is 1.42. The Morgan fingerprint density at radius 1 is 1.46 bits per heavy atom. The first kappa shape index (κ1) is 8.51. The molecule has 0 radical (unpaired) electrons. The number of ether oxygens (including phenoxy) is 1. The number of carbonyl (C=O) groups is 1. The van der Waals surface area contributed by atoms with Crippen molar-refractivity contribution in [3.8, 4) is 5.75 Å². The highest BCUT2D eigenvalue weighted by Gasteiger charge is 2.29. The standard InChI is InChI=1S/C10H10O2S/c1-5(2)8-9-7(12-10(8)11)4-6(3)13-9/h4H,1-3H3. The van der Waals surface area contributed by atoms with Crippen molar-refractivity contribution in [1.29, 1.82) is 0 Å². The number of hydrogen-bond acceptors (Lipinski definition) is 3. The van der Waals surface area contributed by atoms with Crippen LogP contribution in [0.4, 0.5) is 0 Å². The van der Waals surface area contributed by atoms with E-state index in [0.717, 1.165) is 21.8 Å². The molecule has 1 aliphatic heterocycles. The van der Waals surface area contributed by atoms with Crippen LogP contribution in [-0.2, 0) is 4.79 Å². The molecule has 3 heteroatoms. The van der Waals surface area contributed by atoms with Crippen LogP contribution in [0.5, 0.6) is 5.75 Å². The van der Waals surface area contributed by atoms with Gasteiger partial charge in [0, 0.05) is 4.88 Å². The van der Waals surface area contributed by atoms with Gasteiger partial charge in [-0.25, -0.2) is 4.79 Å². The van der Waals surface area contributed by atoms with Crippen molar-refractivity contribution in [1.82, 2.24) is 0 Å². The second kappa shape index (κ2) is 2.70. The van der Waals surface area contributed by atoms with Crippen LogP contribution >= 0.6 is 11.3 Å². The summed E-state index contributed by atoms with van der Waals surface area (Å²) in [6.45, 7) is 5.88. The van der Waals surface area contributed by atoms with Gasteiger partial charge in [-0.1, -0.05) is 5.57 Å². The summed E-state index contributed by atoms with van der Waals surface area (Å²) in [5.41, 5.74) is 1.76. The molecular formula is C10H10O2S.